The fourth-order valence-electron chi connectivity index (χ4n) is 4.51. The second-order valence-electron chi connectivity index (χ2n) is 9.31. The molecule has 4 aromatic rings. The summed E-state index contributed by atoms with van der Waals surface area (Å²) in [5, 5.41) is 5.52. The Kier molecular flexibility index (Phi) is 6.11. The number of benzene rings is 1. The van der Waals surface area contributed by atoms with Crippen molar-refractivity contribution < 1.29 is 9.47 Å². The van der Waals surface area contributed by atoms with Crippen molar-refractivity contribution in [3.05, 3.63) is 70.5 Å². The van der Waals surface area contributed by atoms with Gasteiger partial charge in [0.05, 0.1) is 24.7 Å². The van der Waals surface area contributed by atoms with E-state index in [-0.39, 0.29) is 5.92 Å². The Hall–Kier alpha value is -3.23. The molecule has 0 radical (unpaired) electrons. The van der Waals surface area contributed by atoms with Gasteiger partial charge in [0.1, 0.15) is 17.2 Å². The highest BCUT2D eigenvalue weighted by Crippen LogP contribution is 2.39. The first-order valence-corrected chi connectivity index (χ1v) is 12.0. The predicted molar refractivity (Wildman–Crippen MR) is 134 cm³/mol. The van der Waals surface area contributed by atoms with Crippen molar-refractivity contribution in [3.63, 3.8) is 0 Å². The second-order valence-corrected chi connectivity index (χ2v) is 9.72. The average molecular weight is 493 g/mol. The highest BCUT2D eigenvalue weighted by atomic mass is 35.5. The molecule has 1 atom stereocenters. The van der Waals surface area contributed by atoms with Crippen LogP contribution in [0.2, 0.25) is 5.02 Å². The van der Waals surface area contributed by atoms with E-state index < -0.39 is 5.60 Å². The maximum atomic E-state index is 6.70. The van der Waals surface area contributed by atoms with Gasteiger partial charge in [-0.3, -0.25) is 0 Å². The molecular weight excluding hydrogens is 464 g/mol. The molecule has 3 aromatic heterocycles. The van der Waals surface area contributed by atoms with Gasteiger partial charge in [0.15, 0.2) is 5.82 Å². The van der Waals surface area contributed by atoms with Crippen LogP contribution in [0.1, 0.15) is 55.3 Å². The van der Waals surface area contributed by atoms with Crippen LogP contribution in [0.5, 0.6) is 5.88 Å². The summed E-state index contributed by atoms with van der Waals surface area (Å²) in [6.07, 6.45) is 5.62. The summed E-state index contributed by atoms with van der Waals surface area (Å²) in [4.78, 5) is 13.9. The summed E-state index contributed by atoms with van der Waals surface area (Å²) in [7, 11) is 3.33. The van der Waals surface area contributed by atoms with E-state index in [2.05, 4.69) is 24.9 Å². The van der Waals surface area contributed by atoms with Gasteiger partial charge in [-0.1, -0.05) is 23.7 Å². The van der Waals surface area contributed by atoms with Gasteiger partial charge in [-0.2, -0.15) is 0 Å². The zero-order chi connectivity index (χ0) is 24.7. The lowest BCUT2D eigenvalue weighted by atomic mass is 9.87. The number of rotatable bonds is 6. The molecule has 1 aliphatic rings. The minimum atomic E-state index is -0.414. The number of hydrogen-bond acceptors (Lipinski definition) is 6. The molecule has 9 heteroatoms. The molecule has 0 aliphatic carbocycles. The first-order valence-electron chi connectivity index (χ1n) is 11.7. The van der Waals surface area contributed by atoms with Crippen LogP contribution < -0.4 is 4.74 Å². The number of ether oxygens (including phenoxy) is 2. The SMILES string of the molecule is COc1nc(-c2nc3n(n2)CCCC3c2cc(C(C)(C)OC)ccc2Cl)ccc1-n1cnc(C)c1. The number of aromatic nitrogens is 6. The highest BCUT2D eigenvalue weighted by molar-refractivity contribution is 6.31. The number of pyridine rings is 1. The molecule has 182 valence electrons. The molecule has 1 unspecified atom stereocenters. The van der Waals surface area contributed by atoms with Crippen LogP contribution in [0.15, 0.2) is 42.9 Å². The van der Waals surface area contributed by atoms with Crippen molar-refractivity contribution in [3.8, 4) is 23.1 Å². The molecule has 0 fully saturated rings. The third-order valence-electron chi connectivity index (χ3n) is 6.70. The minimum absolute atomic E-state index is 0.0419. The topological polar surface area (TPSA) is 79.9 Å². The highest BCUT2D eigenvalue weighted by Gasteiger charge is 2.30. The van der Waals surface area contributed by atoms with Crippen molar-refractivity contribution in [1.29, 1.82) is 0 Å². The molecule has 4 heterocycles. The Bertz CT molecular complexity index is 1380. The van der Waals surface area contributed by atoms with Gasteiger partial charge in [0, 0.05) is 30.8 Å². The first kappa shape index (κ1) is 23.5. The minimum Gasteiger partial charge on any atom is -0.479 e. The Morgan fingerprint density at radius 3 is 2.66 bits per heavy atom. The van der Waals surface area contributed by atoms with Crippen molar-refractivity contribution >= 4 is 11.6 Å². The molecule has 5 rings (SSSR count). The van der Waals surface area contributed by atoms with Crippen LogP contribution >= 0.6 is 11.6 Å². The number of nitrogens with zero attached hydrogens (tertiary/aromatic N) is 6. The quantitative estimate of drug-likeness (QED) is 0.363. The summed E-state index contributed by atoms with van der Waals surface area (Å²) < 4.78 is 15.2. The van der Waals surface area contributed by atoms with Gasteiger partial charge in [-0.15, -0.1) is 5.10 Å². The zero-order valence-corrected chi connectivity index (χ0v) is 21.4. The molecule has 0 N–H and O–H groups in total. The van der Waals surface area contributed by atoms with E-state index in [9.17, 15) is 0 Å². The number of imidazole rings is 1. The van der Waals surface area contributed by atoms with E-state index in [1.165, 1.54) is 0 Å². The summed E-state index contributed by atoms with van der Waals surface area (Å²) >= 11 is 6.70. The molecular formula is C26H29ClN6O2. The summed E-state index contributed by atoms with van der Waals surface area (Å²) in [5.41, 5.74) is 4.09. The molecule has 1 aromatic carbocycles. The Morgan fingerprint density at radius 2 is 1.94 bits per heavy atom. The van der Waals surface area contributed by atoms with Crippen molar-refractivity contribution in [1.82, 2.24) is 29.3 Å². The molecule has 0 amide bonds. The molecule has 1 aliphatic heterocycles. The Labute approximate surface area is 209 Å². The summed E-state index contributed by atoms with van der Waals surface area (Å²) in [6.45, 7) is 6.85. The van der Waals surface area contributed by atoms with E-state index in [1.54, 1.807) is 20.5 Å². The zero-order valence-electron chi connectivity index (χ0n) is 20.6. The number of halogens is 1. The third kappa shape index (κ3) is 4.32. The van der Waals surface area contributed by atoms with Crippen molar-refractivity contribution in [2.45, 2.75) is 51.7 Å². The molecule has 0 saturated carbocycles. The normalized spacial score (nSPS) is 15.8. The lowest BCUT2D eigenvalue weighted by Gasteiger charge is -2.27. The molecule has 0 saturated heterocycles. The van der Waals surface area contributed by atoms with Gasteiger partial charge in [0.25, 0.3) is 0 Å². The standard InChI is InChI=1S/C26H29ClN6O2/c1-16-14-32(15-28-16)22-11-10-21(29-25(22)34-4)23-30-24-18(7-6-12-33(24)31-23)19-13-17(8-9-20(19)27)26(2,3)35-5/h8-11,13-15,18H,6-7,12H2,1-5H3. The van der Waals surface area contributed by atoms with Gasteiger partial charge in [0.2, 0.25) is 5.88 Å². The number of aryl methyl sites for hydroxylation is 2. The average Bonchev–Trinajstić information content (AvgIpc) is 3.50. The molecule has 8 nitrogen and oxygen atoms in total. The molecule has 35 heavy (non-hydrogen) atoms. The van der Waals surface area contributed by atoms with Crippen LogP contribution in [0, 0.1) is 6.92 Å². The summed E-state index contributed by atoms with van der Waals surface area (Å²) in [5.74, 6) is 2.00. The van der Waals surface area contributed by atoms with Crippen molar-refractivity contribution in [2.75, 3.05) is 14.2 Å². The maximum absolute atomic E-state index is 6.70. The number of hydrogen-bond donors (Lipinski definition) is 0. The van der Waals surface area contributed by atoms with Crippen LogP contribution in [0.25, 0.3) is 17.2 Å². The van der Waals surface area contributed by atoms with Gasteiger partial charge in [-0.05, 0) is 62.9 Å². The van der Waals surface area contributed by atoms with Gasteiger partial charge >= 0.3 is 0 Å². The van der Waals surface area contributed by atoms with Crippen LogP contribution in [-0.2, 0) is 16.9 Å². The largest absolute Gasteiger partial charge is 0.479 e. The fraction of sp³-hybridized carbons (Fsp3) is 0.385. The van der Waals surface area contributed by atoms with E-state index >= 15 is 0 Å². The number of methoxy groups -OCH3 is 2. The van der Waals surface area contributed by atoms with Crippen LogP contribution in [-0.4, -0.2) is 43.5 Å². The van der Waals surface area contributed by atoms with E-state index in [1.807, 2.05) is 46.6 Å². The van der Waals surface area contributed by atoms with Crippen molar-refractivity contribution in [2.24, 2.45) is 0 Å². The monoisotopic (exact) mass is 492 g/mol. The van der Waals surface area contributed by atoms with E-state index in [0.29, 0.717) is 17.4 Å². The molecule has 0 spiro atoms. The van der Waals surface area contributed by atoms with E-state index in [4.69, 9.17) is 36.1 Å². The van der Waals surface area contributed by atoms with E-state index in [0.717, 1.165) is 52.7 Å². The first-order chi connectivity index (χ1) is 16.8. The van der Waals surface area contributed by atoms with Crippen LogP contribution in [0.3, 0.4) is 0 Å². The van der Waals surface area contributed by atoms with Gasteiger partial charge < -0.3 is 14.0 Å². The lowest BCUT2D eigenvalue weighted by molar-refractivity contribution is 0.0191. The Morgan fingerprint density at radius 1 is 1.11 bits per heavy atom. The van der Waals surface area contributed by atoms with Crippen LogP contribution in [0.4, 0.5) is 0 Å². The van der Waals surface area contributed by atoms with Gasteiger partial charge in [-0.25, -0.2) is 19.6 Å². The lowest BCUT2D eigenvalue weighted by Crippen LogP contribution is -2.21. The molecule has 0 bridgehead atoms. The Balaban J connectivity index is 1.53. The predicted octanol–water partition coefficient (Wildman–Crippen LogP) is 5.30. The smallest absolute Gasteiger partial charge is 0.238 e. The number of fused-ring (bicyclic) bond motifs is 1. The maximum Gasteiger partial charge on any atom is 0.238 e. The third-order valence-corrected chi connectivity index (χ3v) is 7.05. The summed E-state index contributed by atoms with van der Waals surface area (Å²) in [6, 6.07) is 9.98. The fourth-order valence-corrected chi connectivity index (χ4v) is 4.76. The second kappa shape index (κ2) is 9.09.